The van der Waals surface area contributed by atoms with Gasteiger partial charge < -0.3 is 14.6 Å². The van der Waals surface area contributed by atoms with Crippen molar-refractivity contribution >= 4 is 22.6 Å². The molecule has 0 radical (unpaired) electrons. The van der Waals surface area contributed by atoms with Crippen LogP contribution in [0, 0.1) is 18.6 Å². The van der Waals surface area contributed by atoms with Gasteiger partial charge in [-0.2, -0.15) is 0 Å². The lowest BCUT2D eigenvalue weighted by atomic mass is 10.0. The molecular weight excluding hydrogens is 468 g/mol. The van der Waals surface area contributed by atoms with Gasteiger partial charge >= 0.3 is 5.97 Å². The van der Waals surface area contributed by atoms with E-state index in [1.54, 1.807) is 9.58 Å². The maximum absolute atomic E-state index is 16.1. The second-order valence-electron chi connectivity index (χ2n) is 9.48. The van der Waals surface area contributed by atoms with E-state index in [0.29, 0.717) is 19.5 Å². The van der Waals surface area contributed by atoms with Crippen molar-refractivity contribution < 1.29 is 18.7 Å². The van der Waals surface area contributed by atoms with Gasteiger partial charge in [-0.3, -0.25) is 4.79 Å². The summed E-state index contributed by atoms with van der Waals surface area (Å²) in [6, 6.07) is 9.38. The topological polar surface area (TPSA) is 93.2 Å². The number of hydrogen-bond acceptors (Lipinski definition) is 5. The summed E-state index contributed by atoms with van der Waals surface area (Å²) in [6.07, 6.45) is 5.12. The molecule has 0 bridgehead atoms. The Kier molecular flexibility index (Phi) is 5.13. The van der Waals surface area contributed by atoms with Gasteiger partial charge in [0.25, 0.3) is 0 Å². The van der Waals surface area contributed by atoms with Crippen LogP contribution in [-0.2, 0) is 0 Å². The predicted molar refractivity (Wildman–Crippen MR) is 129 cm³/mol. The Morgan fingerprint density at radius 3 is 2.50 bits per heavy atom. The van der Waals surface area contributed by atoms with Gasteiger partial charge in [-0.25, -0.2) is 18.3 Å². The molecule has 184 valence electrons. The summed E-state index contributed by atoms with van der Waals surface area (Å²) in [5.41, 5.74) is 0.0341. The lowest BCUT2D eigenvalue weighted by molar-refractivity contribution is 0.0694. The summed E-state index contributed by atoms with van der Waals surface area (Å²) in [7, 11) is 0. The van der Waals surface area contributed by atoms with Crippen molar-refractivity contribution in [2.45, 2.75) is 38.3 Å². The lowest BCUT2D eigenvalue weighted by Gasteiger charge is -2.24. The number of anilines is 1. The maximum atomic E-state index is 16.1. The number of aromatic carboxylic acids is 1. The van der Waals surface area contributed by atoms with Gasteiger partial charge in [-0.05, 0) is 26.2 Å². The van der Waals surface area contributed by atoms with E-state index in [4.69, 9.17) is 0 Å². The minimum absolute atomic E-state index is 0.0306. The molecule has 2 aliphatic rings. The van der Waals surface area contributed by atoms with E-state index < -0.39 is 28.6 Å². The van der Waals surface area contributed by atoms with Crippen LogP contribution in [0.25, 0.3) is 22.2 Å². The van der Waals surface area contributed by atoms with Gasteiger partial charge in [0.15, 0.2) is 11.6 Å². The number of rotatable bonds is 5. The Balaban J connectivity index is 1.41. The summed E-state index contributed by atoms with van der Waals surface area (Å²) in [6.45, 7) is 2.12. The first-order valence-corrected chi connectivity index (χ1v) is 11.9. The number of halogens is 2. The average Bonchev–Trinajstić information content (AvgIpc) is 3.39. The molecule has 4 aromatic rings. The normalized spacial score (nSPS) is 17.8. The second kappa shape index (κ2) is 8.25. The first-order chi connectivity index (χ1) is 17.3. The van der Waals surface area contributed by atoms with Crippen molar-refractivity contribution in [2.75, 3.05) is 18.0 Å². The fourth-order valence-electron chi connectivity index (χ4n) is 5.13. The molecule has 1 N–H and O–H groups in total. The van der Waals surface area contributed by atoms with Crippen LogP contribution in [0.1, 0.15) is 47.3 Å². The molecule has 8 nitrogen and oxygen atoms in total. The number of hydrogen-bond donors (Lipinski definition) is 1. The Bertz CT molecular complexity index is 1580. The molecule has 0 amide bonds. The van der Waals surface area contributed by atoms with Crippen molar-refractivity contribution in [2.24, 2.45) is 0 Å². The number of carboxylic acid groups (broad SMARTS) is 1. The predicted octanol–water partition coefficient (Wildman–Crippen LogP) is 4.33. The van der Waals surface area contributed by atoms with Gasteiger partial charge in [0, 0.05) is 36.5 Å². The highest BCUT2D eigenvalue weighted by Gasteiger charge is 2.35. The van der Waals surface area contributed by atoms with Crippen LogP contribution in [0.5, 0.6) is 0 Å². The number of carboxylic acids is 1. The van der Waals surface area contributed by atoms with Crippen molar-refractivity contribution in [3.05, 3.63) is 75.7 Å². The highest BCUT2D eigenvalue weighted by atomic mass is 19.1. The van der Waals surface area contributed by atoms with Gasteiger partial charge in [0.1, 0.15) is 16.9 Å². The minimum Gasteiger partial charge on any atom is -0.477 e. The van der Waals surface area contributed by atoms with Crippen molar-refractivity contribution in [1.29, 1.82) is 0 Å². The molecule has 1 atom stereocenters. The molecule has 36 heavy (non-hydrogen) atoms. The molecule has 1 aliphatic heterocycles. The number of benzene rings is 2. The highest BCUT2D eigenvalue weighted by Crippen LogP contribution is 2.41. The first kappa shape index (κ1) is 22.4. The van der Waals surface area contributed by atoms with Crippen LogP contribution in [-0.4, -0.2) is 43.7 Å². The third-order valence-electron chi connectivity index (χ3n) is 7.17. The molecule has 2 aromatic heterocycles. The summed E-state index contributed by atoms with van der Waals surface area (Å²) < 4.78 is 34.9. The van der Waals surface area contributed by atoms with Crippen LogP contribution < -0.4 is 10.3 Å². The van der Waals surface area contributed by atoms with E-state index in [9.17, 15) is 14.7 Å². The zero-order chi connectivity index (χ0) is 25.1. The molecule has 0 spiro atoms. The molecule has 1 aliphatic carbocycles. The fraction of sp³-hybridized carbons (Fsp3) is 0.308. The van der Waals surface area contributed by atoms with Gasteiger partial charge in [-0.1, -0.05) is 35.5 Å². The molecule has 1 saturated heterocycles. The zero-order valence-electron chi connectivity index (χ0n) is 19.5. The smallest absolute Gasteiger partial charge is 0.341 e. The summed E-state index contributed by atoms with van der Waals surface area (Å²) >= 11 is 0. The van der Waals surface area contributed by atoms with E-state index in [2.05, 4.69) is 10.3 Å². The van der Waals surface area contributed by atoms with Gasteiger partial charge in [0.2, 0.25) is 5.43 Å². The fourth-order valence-corrected chi connectivity index (χ4v) is 5.13. The Morgan fingerprint density at radius 1 is 1.06 bits per heavy atom. The lowest BCUT2D eigenvalue weighted by Crippen LogP contribution is -2.26. The van der Waals surface area contributed by atoms with Crippen LogP contribution in [0.2, 0.25) is 0 Å². The van der Waals surface area contributed by atoms with E-state index in [1.807, 2.05) is 36.5 Å². The van der Waals surface area contributed by atoms with Crippen molar-refractivity contribution in [3.8, 4) is 11.3 Å². The Morgan fingerprint density at radius 2 is 1.81 bits per heavy atom. The number of pyridine rings is 1. The van der Waals surface area contributed by atoms with Crippen LogP contribution in [0.3, 0.4) is 0 Å². The number of aromatic nitrogens is 4. The maximum Gasteiger partial charge on any atom is 0.341 e. The van der Waals surface area contributed by atoms with E-state index in [1.165, 1.54) is 17.7 Å². The average molecular weight is 491 g/mol. The Labute approximate surface area is 204 Å². The van der Waals surface area contributed by atoms with Crippen LogP contribution in [0.4, 0.5) is 14.5 Å². The highest BCUT2D eigenvalue weighted by molar-refractivity contribution is 5.95. The largest absolute Gasteiger partial charge is 0.477 e. The van der Waals surface area contributed by atoms with Crippen LogP contribution >= 0.6 is 0 Å². The van der Waals surface area contributed by atoms with E-state index in [-0.39, 0.29) is 34.2 Å². The summed E-state index contributed by atoms with van der Waals surface area (Å²) in [5, 5.41) is 17.8. The van der Waals surface area contributed by atoms with E-state index >= 15 is 8.78 Å². The molecule has 2 aromatic carbocycles. The first-order valence-electron chi connectivity index (χ1n) is 11.9. The molecule has 3 heterocycles. The second-order valence-corrected chi connectivity index (χ2v) is 9.48. The molecule has 1 saturated carbocycles. The van der Waals surface area contributed by atoms with Crippen LogP contribution in [0.15, 0.2) is 47.5 Å². The summed E-state index contributed by atoms with van der Waals surface area (Å²) in [4.78, 5) is 26.2. The standard InChI is InChI=1S/C26H23F2N5O3/c1-14-20-23(32(16-7-8-16)12-18(25(20)34)26(35)36)22(28)24(21(14)27)31-10-9-17(11-31)33-13-19(29-30-33)15-5-3-2-4-6-15/h2-6,12-13,16-17H,7-11H2,1H3,(H,35,36). The molecular formula is C26H23F2N5O3. The molecule has 2 fully saturated rings. The molecule has 1 unspecified atom stereocenters. The molecule has 10 heteroatoms. The van der Waals surface area contributed by atoms with Crippen molar-refractivity contribution in [3.63, 3.8) is 0 Å². The number of carbonyl (C=O) groups is 1. The SMILES string of the molecule is Cc1c(F)c(N2CCC(n3cc(-c4ccccc4)nn3)C2)c(F)c2c1c(=O)c(C(=O)O)cn2C1CC1. The Hall–Kier alpha value is -4.08. The minimum atomic E-state index is -1.41. The number of fused-ring (bicyclic) bond motifs is 1. The summed E-state index contributed by atoms with van der Waals surface area (Å²) in [5.74, 6) is -3.09. The monoisotopic (exact) mass is 491 g/mol. The van der Waals surface area contributed by atoms with E-state index in [0.717, 1.165) is 24.1 Å². The molecule has 6 rings (SSSR count). The third-order valence-corrected chi connectivity index (χ3v) is 7.17. The quantitative estimate of drug-likeness (QED) is 0.447. The van der Waals surface area contributed by atoms with Crippen molar-refractivity contribution in [1.82, 2.24) is 19.6 Å². The van der Waals surface area contributed by atoms with Gasteiger partial charge in [-0.15, -0.1) is 5.10 Å². The number of aryl methyl sites for hydroxylation is 1. The zero-order valence-corrected chi connectivity index (χ0v) is 19.5. The number of nitrogens with zero attached hydrogens (tertiary/aromatic N) is 5. The third kappa shape index (κ3) is 3.47. The van der Waals surface area contributed by atoms with Gasteiger partial charge in [0.05, 0.1) is 23.1 Å².